The standard InChI is InChI=1S/C35H44N4O4/c1-6-26(7-2)30(31-18-23(3)10-12-29(31)32-14-16-43-39-32)19-24(4)17-27(20-25-9-8-15-42-22-25)34(40)38-28-11-13-33(37-21-28)35(41)36-5/h6,10-13,18-19,21,25,27H,4,7-9,14-17,20,22H2,1-3,5H3,(H,36,41)(H,38,40)/b26-6-,30-19+. The second-order valence-corrected chi connectivity index (χ2v) is 11.3. The van der Waals surface area contributed by atoms with Crippen LogP contribution in [0.3, 0.4) is 0 Å². The quantitative estimate of drug-likeness (QED) is 0.273. The summed E-state index contributed by atoms with van der Waals surface area (Å²) in [5.41, 5.74) is 8.30. The van der Waals surface area contributed by atoms with Crippen LogP contribution in [-0.4, -0.2) is 49.4 Å². The van der Waals surface area contributed by atoms with Gasteiger partial charge in [0.1, 0.15) is 12.3 Å². The van der Waals surface area contributed by atoms with E-state index in [0.717, 1.165) is 65.8 Å². The number of rotatable bonds is 12. The molecule has 2 amide bonds. The molecule has 1 saturated heterocycles. The van der Waals surface area contributed by atoms with Gasteiger partial charge in [0, 0.05) is 38.2 Å². The van der Waals surface area contributed by atoms with Gasteiger partial charge in [-0.3, -0.25) is 9.59 Å². The summed E-state index contributed by atoms with van der Waals surface area (Å²) < 4.78 is 5.75. The molecule has 0 saturated carbocycles. The molecule has 0 spiro atoms. The lowest BCUT2D eigenvalue weighted by atomic mass is 9.84. The Morgan fingerprint density at radius 2 is 2.05 bits per heavy atom. The van der Waals surface area contributed by atoms with E-state index in [9.17, 15) is 9.59 Å². The summed E-state index contributed by atoms with van der Waals surface area (Å²) in [6, 6.07) is 9.75. The summed E-state index contributed by atoms with van der Waals surface area (Å²) in [4.78, 5) is 35.2. The third kappa shape index (κ3) is 8.51. The van der Waals surface area contributed by atoms with Gasteiger partial charge < -0.3 is 20.2 Å². The molecule has 2 N–H and O–H groups in total. The molecular weight excluding hydrogens is 540 g/mol. The summed E-state index contributed by atoms with van der Waals surface area (Å²) in [7, 11) is 1.56. The molecule has 2 aliphatic heterocycles. The Morgan fingerprint density at radius 3 is 2.67 bits per heavy atom. The van der Waals surface area contributed by atoms with Crippen LogP contribution in [0.5, 0.6) is 0 Å². The molecule has 0 aliphatic carbocycles. The summed E-state index contributed by atoms with van der Waals surface area (Å²) in [6.45, 7) is 12.8. The number of pyridine rings is 1. The number of nitrogens with one attached hydrogen (secondary N) is 2. The van der Waals surface area contributed by atoms with Gasteiger partial charge in [-0.05, 0) is 80.7 Å². The van der Waals surface area contributed by atoms with Gasteiger partial charge in [-0.1, -0.05) is 60.1 Å². The molecule has 3 heterocycles. The van der Waals surface area contributed by atoms with Crippen LogP contribution in [0.15, 0.2) is 71.6 Å². The number of oxime groups is 1. The zero-order valence-corrected chi connectivity index (χ0v) is 25.9. The van der Waals surface area contributed by atoms with Gasteiger partial charge >= 0.3 is 0 Å². The molecule has 1 fully saturated rings. The normalized spacial score (nSPS) is 18.0. The Hall–Kier alpha value is -4.04. The van der Waals surface area contributed by atoms with E-state index in [1.54, 1.807) is 19.2 Å². The number of amides is 2. The lowest BCUT2D eigenvalue weighted by Crippen LogP contribution is -2.28. The van der Waals surface area contributed by atoms with Crippen LogP contribution in [-0.2, 0) is 14.4 Å². The van der Waals surface area contributed by atoms with Crippen molar-refractivity contribution in [3.8, 4) is 0 Å². The highest BCUT2D eigenvalue weighted by Gasteiger charge is 2.26. The van der Waals surface area contributed by atoms with Crippen LogP contribution >= 0.6 is 0 Å². The monoisotopic (exact) mass is 584 g/mol. The number of aryl methyl sites for hydroxylation is 1. The molecule has 1 aromatic heterocycles. The van der Waals surface area contributed by atoms with Crippen molar-refractivity contribution in [1.82, 2.24) is 10.3 Å². The fourth-order valence-electron chi connectivity index (χ4n) is 5.75. The highest BCUT2D eigenvalue weighted by molar-refractivity contribution is 6.06. The molecule has 2 aromatic rings. The topological polar surface area (TPSA) is 102 Å². The van der Waals surface area contributed by atoms with Crippen molar-refractivity contribution >= 4 is 28.8 Å². The number of benzene rings is 1. The minimum atomic E-state index is -0.310. The Morgan fingerprint density at radius 1 is 1.21 bits per heavy atom. The van der Waals surface area contributed by atoms with Gasteiger partial charge in [0.25, 0.3) is 5.91 Å². The largest absolute Gasteiger partial charge is 0.395 e. The van der Waals surface area contributed by atoms with Gasteiger partial charge in [-0.15, -0.1) is 0 Å². The minimum Gasteiger partial charge on any atom is -0.395 e. The number of aromatic nitrogens is 1. The Balaban J connectivity index is 1.62. The van der Waals surface area contributed by atoms with E-state index in [2.05, 4.69) is 78.5 Å². The van der Waals surface area contributed by atoms with Crippen molar-refractivity contribution in [2.75, 3.05) is 32.2 Å². The van der Waals surface area contributed by atoms with Gasteiger partial charge in [-0.25, -0.2) is 4.98 Å². The Bertz CT molecular complexity index is 1400. The maximum absolute atomic E-state index is 13.7. The molecular formula is C35H44N4O4. The highest BCUT2D eigenvalue weighted by Crippen LogP contribution is 2.34. The summed E-state index contributed by atoms with van der Waals surface area (Å²) >= 11 is 0. The number of hydrogen-bond acceptors (Lipinski definition) is 6. The first-order valence-corrected chi connectivity index (χ1v) is 15.2. The minimum absolute atomic E-state index is 0.0911. The van der Waals surface area contributed by atoms with Crippen LogP contribution < -0.4 is 10.6 Å². The average Bonchev–Trinajstić information content (AvgIpc) is 3.56. The van der Waals surface area contributed by atoms with Gasteiger partial charge in [0.2, 0.25) is 5.91 Å². The molecule has 43 heavy (non-hydrogen) atoms. The predicted molar refractivity (Wildman–Crippen MR) is 172 cm³/mol. The molecule has 8 heteroatoms. The number of carbonyl (C=O) groups is 2. The first-order chi connectivity index (χ1) is 20.8. The lowest BCUT2D eigenvalue weighted by Gasteiger charge is -2.26. The first-order valence-electron chi connectivity index (χ1n) is 15.2. The number of carbonyl (C=O) groups excluding carboxylic acids is 2. The molecule has 228 valence electrons. The zero-order valence-electron chi connectivity index (χ0n) is 25.9. The zero-order chi connectivity index (χ0) is 30.8. The number of anilines is 1. The maximum atomic E-state index is 13.7. The second kappa shape index (κ2) is 15.4. The molecule has 4 rings (SSSR count). The fraction of sp³-hybridized carbons (Fsp3) is 0.429. The van der Waals surface area contributed by atoms with E-state index in [1.165, 1.54) is 11.8 Å². The average molecular weight is 585 g/mol. The summed E-state index contributed by atoms with van der Waals surface area (Å²) in [6.07, 6.45) is 10.7. The second-order valence-electron chi connectivity index (χ2n) is 11.3. The van der Waals surface area contributed by atoms with Gasteiger partial charge in [0.15, 0.2) is 0 Å². The summed E-state index contributed by atoms with van der Waals surface area (Å²) in [5.74, 6) is -0.369. The van der Waals surface area contributed by atoms with E-state index in [4.69, 9.17) is 9.57 Å². The van der Waals surface area contributed by atoms with Crippen molar-refractivity contribution in [2.24, 2.45) is 17.0 Å². The van der Waals surface area contributed by atoms with Crippen LogP contribution in [0.25, 0.3) is 5.57 Å². The van der Waals surface area contributed by atoms with Crippen molar-refractivity contribution in [2.45, 2.75) is 59.3 Å². The number of ether oxygens (including phenoxy) is 1. The van der Waals surface area contributed by atoms with E-state index in [0.29, 0.717) is 43.4 Å². The van der Waals surface area contributed by atoms with Crippen LogP contribution in [0.2, 0.25) is 0 Å². The van der Waals surface area contributed by atoms with E-state index >= 15 is 0 Å². The van der Waals surface area contributed by atoms with Crippen molar-refractivity contribution in [1.29, 1.82) is 0 Å². The smallest absolute Gasteiger partial charge is 0.269 e. The highest BCUT2D eigenvalue weighted by atomic mass is 16.6. The summed E-state index contributed by atoms with van der Waals surface area (Å²) in [5, 5.41) is 9.91. The van der Waals surface area contributed by atoms with E-state index in [-0.39, 0.29) is 17.7 Å². The molecule has 0 radical (unpaired) electrons. The van der Waals surface area contributed by atoms with E-state index < -0.39 is 0 Å². The Labute approximate surface area is 255 Å². The third-order valence-electron chi connectivity index (χ3n) is 8.05. The third-order valence-corrected chi connectivity index (χ3v) is 8.05. The van der Waals surface area contributed by atoms with Gasteiger partial charge in [0.05, 0.1) is 17.6 Å². The van der Waals surface area contributed by atoms with Crippen LogP contribution in [0.1, 0.15) is 79.6 Å². The number of nitrogens with zero attached hydrogens (tertiary/aromatic N) is 2. The molecule has 0 bridgehead atoms. The molecule has 2 atom stereocenters. The van der Waals surface area contributed by atoms with Crippen molar-refractivity contribution in [3.05, 3.63) is 88.8 Å². The SMILES string of the molecule is C=C(/C=C(\C(=C/C)CC)c1cc(C)ccc1C1=NOCC1)CC(CC1CCCOC1)C(=O)Nc1ccc(C(=O)NC)nc1. The Kier molecular flexibility index (Phi) is 11.4. The molecule has 8 nitrogen and oxygen atoms in total. The first kappa shape index (κ1) is 31.9. The number of hydrogen-bond donors (Lipinski definition) is 2. The fourth-order valence-corrected chi connectivity index (χ4v) is 5.75. The maximum Gasteiger partial charge on any atom is 0.269 e. The predicted octanol–water partition coefficient (Wildman–Crippen LogP) is 6.63. The van der Waals surface area contributed by atoms with Gasteiger partial charge in [-0.2, -0.15) is 0 Å². The number of allylic oxidation sites excluding steroid dienone is 5. The molecule has 1 aromatic carbocycles. The van der Waals surface area contributed by atoms with Crippen LogP contribution in [0.4, 0.5) is 5.69 Å². The van der Waals surface area contributed by atoms with E-state index in [1.807, 2.05) is 0 Å². The van der Waals surface area contributed by atoms with Crippen molar-refractivity contribution in [3.63, 3.8) is 0 Å². The van der Waals surface area contributed by atoms with Crippen LogP contribution in [0, 0.1) is 18.8 Å². The van der Waals surface area contributed by atoms with Crippen molar-refractivity contribution < 1.29 is 19.2 Å². The molecule has 2 unspecified atom stereocenters. The molecule has 2 aliphatic rings. The lowest BCUT2D eigenvalue weighted by molar-refractivity contribution is -0.120.